The highest BCUT2D eigenvalue weighted by Crippen LogP contribution is 2.28. The molecule has 0 radical (unpaired) electrons. The number of benzene rings is 2. The van der Waals surface area contributed by atoms with E-state index in [1.807, 2.05) is 19.1 Å². The Morgan fingerprint density at radius 2 is 1.89 bits per heavy atom. The molecule has 1 aliphatic rings. The van der Waals surface area contributed by atoms with E-state index in [4.69, 9.17) is 9.84 Å². The molecule has 0 aromatic heterocycles. The molecular formula is C29H30F2N2O4. The van der Waals surface area contributed by atoms with Gasteiger partial charge in [-0.1, -0.05) is 25.6 Å². The van der Waals surface area contributed by atoms with E-state index in [2.05, 4.69) is 17.2 Å². The number of nitrogens with one attached hydrogen (secondary N) is 2. The van der Waals surface area contributed by atoms with Gasteiger partial charge in [0, 0.05) is 18.2 Å². The van der Waals surface area contributed by atoms with Crippen LogP contribution >= 0.6 is 0 Å². The van der Waals surface area contributed by atoms with Crippen molar-refractivity contribution in [3.8, 4) is 11.5 Å². The van der Waals surface area contributed by atoms with Crippen LogP contribution < -0.4 is 15.4 Å². The highest BCUT2D eigenvalue weighted by molar-refractivity contribution is 5.93. The van der Waals surface area contributed by atoms with E-state index in [0.717, 1.165) is 11.1 Å². The summed E-state index contributed by atoms with van der Waals surface area (Å²) >= 11 is 0. The van der Waals surface area contributed by atoms with E-state index in [0.29, 0.717) is 29.9 Å². The molecule has 3 N–H and O–H groups in total. The number of allylic oxidation sites excluding steroid dienone is 5. The van der Waals surface area contributed by atoms with Gasteiger partial charge in [0.1, 0.15) is 28.8 Å². The van der Waals surface area contributed by atoms with E-state index in [1.165, 1.54) is 30.4 Å². The highest BCUT2D eigenvalue weighted by Gasteiger charge is 2.17. The van der Waals surface area contributed by atoms with E-state index in [1.54, 1.807) is 25.1 Å². The van der Waals surface area contributed by atoms with Gasteiger partial charge >= 0.3 is 5.97 Å². The number of amides is 1. The van der Waals surface area contributed by atoms with E-state index < -0.39 is 29.6 Å². The van der Waals surface area contributed by atoms with Gasteiger partial charge in [-0.3, -0.25) is 9.59 Å². The molecule has 1 atom stereocenters. The number of carboxylic acids is 1. The highest BCUT2D eigenvalue weighted by atomic mass is 19.1. The Morgan fingerprint density at radius 1 is 1.11 bits per heavy atom. The first kappa shape index (κ1) is 27.4. The van der Waals surface area contributed by atoms with Gasteiger partial charge in [0.25, 0.3) is 5.91 Å². The number of rotatable bonds is 9. The third kappa shape index (κ3) is 8.17. The van der Waals surface area contributed by atoms with Gasteiger partial charge in [0.2, 0.25) is 0 Å². The molecule has 194 valence electrons. The van der Waals surface area contributed by atoms with Crippen molar-refractivity contribution >= 4 is 11.9 Å². The van der Waals surface area contributed by atoms with Gasteiger partial charge in [-0.2, -0.15) is 0 Å². The summed E-state index contributed by atoms with van der Waals surface area (Å²) in [5.74, 6) is -1.51. The second-order valence-corrected chi connectivity index (χ2v) is 8.62. The molecule has 3 rings (SSSR count). The number of carbonyl (C=O) groups is 2. The second-order valence-electron chi connectivity index (χ2n) is 8.62. The molecule has 0 fully saturated rings. The Bertz CT molecular complexity index is 1280. The standard InChI is InChI=1S/C29H30F2N2O4/c1-4-20-15-25(12-9-21(20)10-13-28(34)35)37-26-16-22(14-24(31)17-26)19(3)33-29(36)27-7-5-6-23(30)11-8-18(2)32-27/h6-9,11-12,14-17,19,32H,2,4-5,10,13H2,1,3H3,(H,33,36)(H,34,35)/b11-8-,23-6+,27-7-. The van der Waals surface area contributed by atoms with Crippen LogP contribution in [0.4, 0.5) is 8.78 Å². The Labute approximate surface area is 215 Å². The van der Waals surface area contributed by atoms with E-state index in [9.17, 15) is 18.4 Å². The first-order chi connectivity index (χ1) is 17.6. The molecule has 1 amide bonds. The number of carbonyl (C=O) groups excluding carboxylic acids is 1. The normalized spacial score (nSPS) is 18.0. The predicted molar refractivity (Wildman–Crippen MR) is 138 cm³/mol. The topological polar surface area (TPSA) is 87.7 Å². The Morgan fingerprint density at radius 3 is 2.62 bits per heavy atom. The van der Waals surface area contributed by atoms with Crippen molar-refractivity contribution in [3.63, 3.8) is 0 Å². The minimum atomic E-state index is -0.861. The maximum absolute atomic E-state index is 14.5. The van der Waals surface area contributed by atoms with Crippen molar-refractivity contribution in [2.75, 3.05) is 0 Å². The summed E-state index contributed by atoms with van der Waals surface area (Å²) in [5.41, 5.74) is 2.93. The number of aryl methyl sites for hydroxylation is 2. The fourth-order valence-electron chi connectivity index (χ4n) is 3.82. The van der Waals surface area contributed by atoms with Crippen molar-refractivity contribution in [2.45, 2.75) is 45.6 Å². The zero-order valence-corrected chi connectivity index (χ0v) is 20.8. The van der Waals surface area contributed by atoms with Gasteiger partial charge in [-0.05, 0) is 85.4 Å². The van der Waals surface area contributed by atoms with Gasteiger partial charge < -0.3 is 20.5 Å². The van der Waals surface area contributed by atoms with Crippen molar-refractivity contribution in [1.82, 2.24) is 10.6 Å². The second kappa shape index (κ2) is 12.7. The molecule has 1 aliphatic heterocycles. The monoisotopic (exact) mass is 508 g/mol. The Balaban J connectivity index is 1.74. The average Bonchev–Trinajstić information content (AvgIpc) is 2.93. The largest absolute Gasteiger partial charge is 0.481 e. The molecule has 8 heteroatoms. The maximum Gasteiger partial charge on any atom is 0.303 e. The molecule has 1 heterocycles. The van der Waals surface area contributed by atoms with E-state index >= 15 is 0 Å². The number of carboxylic acid groups (broad SMARTS) is 1. The lowest BCUT2D eigenvalue weighted by molar-refractivity contribution is -0.137. The Kier molecular flexibility index (Phi) is 9.38. The van der Waals surface area contributed by atoms with E-state index in [-0.39, 0.29) is 24.3 Å². The Hall–Kier alpha value is -4.20. The van der Waals surface area contributed by atoms with Crippen LogP contribution in [0, 0.1) is 5.82 Å². The van der Waals surface area contributed by atoms with Crippen LogP contribution in [0.2, 0.25) is 0 Å². The zero-order valence-electron chi connectivity index (χ0n) is 20.8. The molecule has 0 aliphatic carbocycles. The summed E-state index contributed by atoms with van der Waals surface area (Å²) in [4.78, 5) is 23.8. The van der Waals surface area contributed by atoms with Crippen LogP contribution in [-0.2, 0) is 22.4 Å². The molecule has 0 bridgehead atoms. The third-order valence-electron chi connectivity index (χ3n) is 5.76. The minimum absolute atomic E-state index is 0.0366. The average molecular weight is 509 g/mol. The third-order valence-corrected chi connectivity index (χ3v) is 5.76. The molecule has 6 nitrogen and oxygen atoms in total. The van der Waals surface area contributed by atoms with Crippen molar-refractivity contribution in [2.24, 2.45) is 0 Å². The van der Waals surface area contributed by atoms with Crippen LogP contribution in [-0.4, -0.2) is 17.0 Å². The van der Waals surface area contributed by atoms with Crippen LogP contribution in [0.1, 0.15) is 49.4 Å². The quantitative estimate of drug-likeness (QED) is 0.377. The molecule has 0 spiro atoms. The van der Waals surface area contributed by atoms with Gasteiger partial charge in [-0.15, -0.1) is 0 Å². The van der Waals surface area contributed by atoms with Crippen LogP contribution in [0.3, 0.4) is 0 Å². The molecule has 2 aromatic carbocycles. The lowest BCUT2D eigenvalue weighted by Crippen LogP contribution is -2.33. The first-order valence-corrected chi connectivity index (χ1v) is 12.0. The van der Waals surface area contributed by atoms with Crippen LogP contribution in [0.25, 0.3) is 0 Å². The summed E-state index contributed by atoms with van der Waals surface area (Å²) in [7, 11) is 0. The van der Waals surface area contributed by atoms with Crippen molar-refractivity contribution in [1.29, 1.82) is 0 Å². The zero-order chi connectivity index (χ0) is 26.9. The smallest absolute Gasteiger partial charge is 0.303 e. The number of aliphatic carboxylic acids is 1. The van der Waals surface area contributed by atoms with Crippen LogP contribution in [0.15, 0.2) is 84.5 Å². The molecule has 0 saturated carbocycles. The summed E-state index contributed by atoms with van der Waals surface area (Å²) in [6.07, 6.45) is 6.93. The van der Waals surface area contributed by atoms with Crippen molar-refractivity contribution < 1.29 is 28.2 Å². The number of ether oxygens (including phenoxy) is 1. The summed E-state index contributed by atoms with van der Waals surface area (Å²) in [5, 5.41) is 14.6. The first-order valence-electron chi connectivity index (χ1n) is 12.0. The van der Waals surface area contributed by atoms with Gasteiger partial charge in [-0.25, -0.2) is 8.78 Å². The summed E-state index contributed by atoms with van der Waals surface area (Å²) < 4.78 is 34.0. The van der Waals surface area contributed by atoms with Crippen LogP contribution in [0.5, 0.6) is 11.5 Å². The fraction of sp³-hybridized carbons (Fsp3) is 0.241. The number of hydrogen-bond acceptors (Lipinski definition) is 4. The van der Waals surface area contributed by atoms with Gasteiger partial charge in [0.05, 0.1) is 6.04 Å². The molecular weight excluding hydrogens is 478 g/mol. The molecule has 37 heavy (non-hydrogen) atoms. The predicted octanol–water partition coefficient (Wildman–Crippen LogP) is 6.18. The fourth-order valence-corrected chi connectivity index (χ4v) is 3.82. The number of halogens is 2. The van der Waals surface area contributed by atoms with Gasteiger partial charge in [0.15, 0.2) is 0 Å². The molecule has 2 aromatic rings. The van der Waals surface area contributed by atoms with Crippen molar-refractivity contribution in [3.05, 3.63) is 107 Å². The minimum Gasteiger partial charge on any atom is -0.481 e. The lowest BCUT2D eigenvalue weighted by atomic mass is 10.0. The lowest BCUT2D eigenvalue weighted by Gasteiger charge is -2.18. The summed E-state index contributed by atoms with van der Waals surface area (Å²) in [6, 6.07) is 9.00. The SMILES string of the molecule is C=C1/C=C\C(F)=C/C/C=C(/C(=O)NC(C)c2cc(F)cc(Oc3ccc(CCC(=O)O)c(CC)c3)c2)N1. The maximum atomic E-state index is 14.5. The summed E-state index contributed by atoms with van der Waals surface area (Å²) in [6.45, 7) is 7.44. The number of hydrogen-bond donors (Lipinski definition) is 3. The molecule has 0 saturated heterocycles. The molecule has 1 unspecified atom stereocenters.